The molecule has 0 aromatic carbocycles. The molecule has 1 saturated carbocycles. The third-order valence-electron chi connectivity index (χ3n) is 4.95. The van der Waals surface area contributed by atoms with Gasteiger partial charge < -0.3 is 10.2 Å². The first-order chi connectivity index (χ1) is 9.27. The van der Waals surface area contributed by atoms with Crippen molar-refractivity contribution < 1.29 is 4.79 Å². The van der Waals surface area contributed by atoms with Crippen LogP contribution in [0.3, 0.4) is 0 Å². The molecule has 2 heterocycles. The molecule has 108 valence electrons. The number of carbonyl (C=O) groups excluding carboxylic acids is 1. The van der Waals surface area contributed by atoms with Crippen LogP contribution in [0.1, 0.15) is 51.4 Å². The van der Waals surface area contributed by atoms with E-state index in [4.69, 9.17) is 0 Å². The molecule has 1 N–H and O–H groups in total. The molecule has 19 heavy (non-hydrogen) atoms. The molecule has 1 spiro atoms. The van der Waals surface area contributed by atoms with Gasteiger partial charge in [-0.25, -0.2) is 0 Å². The lowest BCUT2D eigenvalue weighted by atomic mass is 9.87. The number of hydrogen-bond donors (Lipinski definition) is 1. The normalized spacial score (nSPS) is 30.7. The van der Waals surface area contributed by atoms with E-state index in [2.05, 4.69) is 22.0 Å². The van der Waals surface area contributed by atoms with Crippen LogP contribution in [0.5, 0.6) is 0 Å². The smallest absolute Gasteiger partial charge is 0.224 e. The minimum absolute atomic E-state index is 0.393. The molecule has 2 aliphatic heterocycles. The summed E-state index contributed by atoms with van der Waals surface area (Å²) in [6.07, 6.45) is 9.89. The van der Waals surface area contributed by atoms with Crippen molar-refractivity contribution in [3.8, 4) is 0 Å². The molecule has 1 unspecified atom stereocenters. The fourth-order valence-electron chi connectivity index (χ4n) is 3.83. The van der Waals surface area contributed by atoms with Crippen LogP contribution in [-0.2, 0) is 4.79 Å². The number of carbonyl (C=O) groups is 1. The van der Waals surface area contributed by atoms with Crippen molar-refractivity contribution in [2.24, 2.45) is 0 Å². The van der Waals surface area contributed by atoms with Gasteiger partial charge in [0.15, 0.2) is 0 Å². The predicted molar refractivity (Wildman–Crippen MR) is 80.5 cm³/mol. The van der Waals surface area contributed by atoms with Crippen molar-refractivity contribution in [3.05, 3.63) is 0 Å². The Bertz CT molecular complexity index is 317. The van der Waals surface area contributed by atoms with E-state index in [9.17, 15) is 4.79 Å². The van der Waals surface area contributed by atoms with Crippen molar-refractivity contribution in [2.45, 2.75) is 62.2 Å². The van der Waals surface area contributed by atoms with Crippen LogP contribution in [0.15, 0.2) is 0 Å². The molecule has 0 aromatic heterocycles. The molecule has 0 bridgehead atoms. The van der Waals surface area contributed by atoms with Gasteiger partial charge in [0.1, 0.15) is 0 Å². The van der Waals surface area contributed by atoms with Gasteiger partial charge in [-0.3, -0.25) is 4.79 Å². The van der Waals surface area contributed by atoms with Crippen LogP contribution in [0.4, 0.5) is 0 Å². The standard InChI is InChI=1S/C15H26N2OS/c18-14(11-13-5-4-8-16-13)17-9-10-19-15(12-17)6-2-1-3-7-15/h13,16H,1-12H2. The first kappa shape index (κ1) is 13.7. The molecule has 1 amide bonds. The SMILES string of the molecule is O=C(CC1CCCN1)N1CCSC2(CCCCC2)C1. The maximum Gasteiger partial charge on any atom is 0.224 e. The van der Waals surface area contributed by atoms with Crippen molar-refractivity contribution in [2.75, 3.05) is 25.4 Å². The minimum atomic E-state index is 0.393. The van der Waals surface area contributed by atoms with E-state index in [1.807, 2.05) is 0 Å². The summed E-state index contributed by atoms with van der Waals surface area (Å²) in [6.45, 7) is 3.08. The largest absolute Gasteiger partial charge is 0.340 e. The van der Waals surface area contributed by atoms with Gasteiger partial charge in [-0.05, 0) is 32.2 Å². The summed E-state index contributed by atoms with van der Waals surface area (Å²) in [5.74, 6) is 1.54. The Morgan fingerprint density at radius 2 is 2.11 bits per heavy atom. The van der Waals surface area contributed by atoms with Gasteiger partial charge in [0.2, 0.25) is 5.91 Å². The molecular weight excluding hydrogens is 256 g/mol. The monoisotopic (exact) mass is 282 g/mol. The highest BCUT2D eigenvalue weighted by molar-refractivity contribution is 8.00. The molecule has 4 heteroatoms. The summed E-state index contributed by atoms with van der Waals surface area (Å²) in [5, 5.41) is 3.44. The van der Waals surface area contributed by atoms with E-state index in [0.717, 1.165) is 31.8 Å². The first-order valence-corrected chi connectivity index (χ1v) is 8.91. The topological polar surface area (TPSA) is 32.3 Å². The third-order valence-corrected chi connectivity index (χ3v) is 6.49. The molecule has 0 aromatic rings. The van der Waals surface area contributed by atoms with Gasteiger partial charge in [0, 0.05) is 36.1 Å². The Kier molecular flexibility index (Phi) is 4.37. The average Bonchev–Trinajstić information content (AvgIpc) is 2.92. The van der Waals surface area contributed by atoms with Crippen LogP contribution in [0.25, 0.3) is 0 Å². The van der Waals surface area contributed by atoms with Crippen LogP contribution >= 0.6 is 11.8 Å². The number of thioether (sulfide) groups is 1. The van der Waals surface area contributed by atoms with Gasteiger partial charge in [-0.2, -0.15) is 11.8 Å². The molecule has 0 radical (unpaired) electrons. The zero-order chi connectivity index (χ0) is 13.1. The van der Waals surface area contributed by atoms with Gasteiger partial charge in [-0.15, -0.1) is 0 Å². The number of nitrogens with zero attached hydrogens (tertiary/aromatic N) is 1. The molecule has 1 atom stereocenters. The minimum Gasteiger partial charge on any atom is -0.340 e. The van der Waals surface area contributed by atoms with E-state index >= 15 is 0 Å². The van der Waals surface area contributed by atoms with Gasteiger partial charge in [-0.1, -0.05) is 19.3 Å². The molecular formula is C15H26N2OS. The summed E-state index contributed by atoms with van der Waals surface area (Å²) in [7, 11) is 0. The van der Waals surface area contributed by atoms with E-state index in [1.165, 1.54) is 44.9 Å². The molecule has 3 fully saturated rings. The van der Waals surface area contributed by atoms with Crippen molar-refractivity contribution in [1.82, 2.24) is 10.2 Å². The third kappa shape index (κ3) is 3.27. The van der Waals surface area contributed by atoms with Gasteiger partial charge in [0.25, 0.3) is 0 Å². The Hall–Kier alpha value is -0.220. The summed E-state index contributed by atoms with van der Waals surface area (Å²) in [6, 6.07) is 0.449. The van der Waals surface area contributed by atoms with Gasteiger partial charge in [0.05, 0.1) is 0 Å². The van der Waals surface area contributed by atoms with Crippen LogP contribution in [0.2, 0.25) is 0 Å². The lowest BCUT2D eigenvalue weighted by Crippen LogP contribution is -2.50. The van der Waals surface area contributed by atoms with Gasteiger partial charge >= 0.3 is 0 Å². The Morgan fingerprint density at radius 1 is 1.26 bits per heavy atom. The van der Waals surface area contributed by atoms with E-state index in [-0.39, 0.29) is 0 Å². The molecule has 3 rings (SSSR count). The summed E-state index contributed by atoms with van der Waals surface area (Å²) in [5.41, 5.74) is 0. The summed E-state index contributed by atoms with van der Waals surface area (Å²) < 4.78 is 0.412. The van der Waals surface area contributed by atoms with E-state index in [1.54, 1.807) is 0 Å². The van der Waals surface area contributed by atoms with Crippen LogP contribution in [0, 0.1) is 0 Å². The molecule has 1 aliphatic carbocycles. The van der Waals surface area contributed by atoms with Crippen LogP contribution in [-0.4, -0.2) is 47.0 Å². The lowest BCUT2D eigenvalue weighted by molar-refractivity contribution is -0.132. The quantitative estimate of drug-likeness (QED) is 0.844. The number of nitrogens with one attached hydrogen (secondary N) is 1. The highest BCUT2D eigenvalue weighted by atomic mass is 32.2. The number of rotatable bonds is 2. The zero-order valence-electron chi connectivity index (χ0n) is 11.8. The van der Waals surface area contributed by atoms with Crippen LogP contribution < -0.4 is 5.32 Å². The number of hydrogen-bond acceptors (Lipinski definition) is 3. The fourth-order valence-corrected chi connectivity index (χ4v) is 5.40. The van der Waals surface area contributed by atoms with E-state index < -0.39 is 0 Å². The second-order valence-electron chi connectivity index (χ2n) is 6.40. The van der Waals surface area contributed by atoms with Crippen molar-refractivity contribution in [1.29, 1.82) is 0 Å². The summed E-state index contributed by atoms with van der Waals surface area (Å²) in [4.78, 5) is 14.6. The highest BCUT2D eigenvalue weighted by Gasteiger charge is 2.38. The highest BCUT2D eigenvalue weighted by Crippen LogP contribution is 2.42. The lowest BCUT2D eigenvalue weighted by Gasteiger charge is -2.44. The molecule has 3 nitrogen and oxygen atoms in total. The Labute approximate surface area is 120 Å². The second kappa shape index (κ2) is 6.04. The Balaban J connectivity index is 1.56. The maximum absolute atomic E-state index is 12.5. The first-order valence-electron chi connectivity index (χ1n) is 7.93. The zero-order valence-corrected chi connectivity index (χ0v) is 12.6. The molecule has 3 aliphatic rings. The fraction of sp³-hybridized carbons (Fsp3) is 0.933. The van der Waals surface area contributed by atoms with Crippen molar-refractivity contribution >= 4 is 17.7 Å². The molecule has 2 saturated heterocycles. The predicted octanol–water partition coefficient (Wildman–Crippen LogP) is 2.41. The van der Waals surface area contributed by atoms with E-state index in [0.29, 0.717) is 16.7 Å². The maximum atomic E-state index is 12.5. The Morgan fingerprint density at radius 3 is 2.84 bits per heavy atom. The average molecular weight is 282 g/mol. The number of amides is 1. The van der Waals surface area contributed by atoms with Crippen molar-refractivity contribution in [3.63, 3.8) is 0 Å². The second-order valence-corrected chi connectivity index (χ2v) is 7.97. The summed E-state index contributed by atoms with van der Waals surface area (Å²) >= 11 is 2.14.